The van der Waals surface area contributed by atoms with E-state index < -0.39 is 0 Å². The maximum Gasteiger partial charge on any atom is 0.198 e. The van der Waals surface area contributed by atoms with Crippen molar-refractivity contribution in [3.63, 3.8) is 0 Å². The SMILES string of the molecule is Cc1ccc(-c2c(Cl)nc(-c3ccc(C)o3)nc2Cl)cc1. The predicted octanol–water partition coefficient (Wildman–Crippen LogP) is 5.33. The van der Waals surface area contributed by atoms with Gasteiger partial charge in [0, 0.05) is 0 Å². The van der Waals surface area contributed by atoms with Crippen molar-refractivity contribution in [1.82, 2.24) is 9.97 Å². The smallest absolute Gasteiger partial charge is 0.198 e. The highest BCUT2D eigenvalue weighted by Crippen LogP contribution is 2.34. The highest BCUT2D eigenvalue weighted by atomic mass is 35.5. The molecule has 1 aromatic carbocycles. The van der Waals surface area contributed by atoms with Crippen LogP contribution in [0.1, 0.15) is 11.3 Å². The van der Waals surface area contributed by atoms with Crippen LogP contribution in [0.4, 0.5) is 0 Å². The van der Waals surface area contributed by atoms with Gasteiger partial charge in [-0.15, -0.1) is 0 Å². The molecule has 0 radical (unpaired) electrons. The van der Waals surface area contributed by atoms with E-state index in [9.17, 15) is 0 Å². The third-order valence-electron chi connectivity index (χ3n) is 3.12. The van der Waals surface area contributed by atoms with Crippen LogP contribution in [0, 0.1) is 13.8 Å². The molecule has 3 rings (SSSR count). The van der Waals surface area contributed by atoms with Crippen LogP contribution in [0.15, 0.2) is 40.8 Å². The van der Waals surface area contributed by atoms with Crippen LogP contribution in [0.2, 0.25) is 10.3 Å². The minimum Gasteiger partial charge on any atom is -0.458 e. The van der Waals surface area contributed by atoms with Crippen LogP contribution in [0.25, 0.3) is 22.7 Å². The van der Waals surface area contributed by atoms with Crippen molar-refractivity contribution >= 4 is 23.2 Å². The summed E-state index contributed by atoms with van der Waals surface area (Å²) in [6.45, 7) is 3.87. The average Bonchev–Trinajstić information content (AvgIpc) is 2.87. The summed E-state index contributed by atoms with van der Waals surface area (Å²) in [6.07, 6.45) is 0. The second kappa shape index (κ2) is 5.51. The number of rotatable bonds is 2. The lowest BCUT2D eigenvalue weighted by Gasteiger charge is -2.08. The van der Waals surface area contributed by atoms with Crippen LogP contribution in [-0.4, -0.2) is 9.97 Å². The van der Waals surface area contributed by atoms with Crippen molar-refractivity contribution in [2.75, 3.05) is 0 Å². The second-order valence-electron chi connectivity index (χ2n) is 4.78. The zero-order valence-electron chi connectivity index (χ0n) is 11.5. The molecule has 0 N–H and O–H groups in total. The van der Waals surface area contributed by atoms with Crippen molar-refractivity contribution in [2.24, 2.45) is 0 Å². The van der Waals surface area contributed by atoms with Gasteiger partial charge in [-0.1, -0.05) is 53.0 Å². The zero-order chi connectivity index (χ0) is 15.0. The third kappa shape index (κ3) is 2.80. The molecule has 0 bridgehead atoms. The van der Waals surface area contributed by atoms with Gasteiger partial charge < -0.3 is 4.42 Å². The van der Waals surface area contributed by atoms with E-state index in [1.54, 1.807) is 6.07 Å². The Morgan fingerprint density at radius 2 is 1.48 bits per heavy atom. The van der Waals surface area contributed by atoms with Gasteiger partial charge in [0.05, 0.1) is 5.56 Å². The van der Waals surface area contributed by atoms with Crippen molar-refractivity contribution in [2.45, 2.75) is 13.8 Å². The lowest BCUT2D eigenvalue weighted by molar-refractivity contribution is 0.544. The van der Waals surface area contributed by atoms with E-state index in [2.05, 4.69) is 9.97 Å². The number of aromatic nitrogens is 2. The lowest BCUT2D eigenvalue weighted by atomic mass is 10.1. The van der Waals surface area contributed by atoms with Crippen molar-refractivity contribution < 1.29 is 4.42 Å². The Kier molecular flexibility index (Phi) is 3.70. The monoisotopic (exact) mass is 318 g/mol. The number of halogens is 2. The van der Waals surface area contributed by atoms with Crippen LogP contribution in [-0.2, 0) is 0 Å². The summed E-state index contributed by atoms with van der Waals surface area (Å²) in [5, 5.41) is 0.616. The molecular formula is C16H12Cl2N2O. The molecule has 2 heterocycles. The fraction of sp³-hybridized carbons (Fsp3) is 0.125. The largest absolute Gasteiger partial charge is 0.458 e. The molecule has 0 aliphatic rings. The Morgan fingerprint density at radius 3 is 2.00 bits per heavy atom. The first-order valence-corrected chi connectivity index (χ1v) is 7.17. The van der Waals surface area contributed by atoms with Gasteiger partial charge in [0.2, 0.25) is 0 Å². The first-order valence-electron chi connectivity index (χ1n) is 6.41. The Bertz CT molecular complexity index is 771. The van der Waals surface area contributed by atoms with Crippen molar-refractivity contribution in [3.05, 3.63) is 58.0 Å². The van der Waals surface area contributed by atoms with E-state index in [0.717, 1.165) is 16.9 Å². The van der Waals surface area contributed by atoms with Crippen molar-refractivity contribution in [1.29, 1.82) is 0 Å². The molecule has 0 saturated carbocycles. The molecule has 21 heavy (non-hydrogen) atoms. The molecule has 0 atom stereocenters. The summed E-state index contributed by atoms with van der Waals surface area (Å²) in [5.74, 6) is 1.71. The van der Waals surface area contributed by atoms with Gasteiger partial charge in [-0.3, -0.25) is 0 Å². The van der Waals surface area contributed by atoms with E-state index in [4.69, 9.17) is 27.6 Å². The highest BCUT2D eigenvalue weighted by molar-refractivity contribution is 6.37. The molecule has 0 aliphatic carbocycles. The minimum atomic E-state index is 0.308. The van der Waals surface area contributed by atoms with Crippen LogP contribution in [0.5, 0.6) is 0 Å². The first kappa shape index (κ1) is 14.1. The fourth-order valence-corrected chi connectivity index (χ4v) is 2.64. The standard InChI is InChI=1S/C16H12Cl2N2O/c1-9-3-6-11(7-4-9)13-14(17)19-16(20-15(13)18)12-8-5-10(2)21-12/h3-8H,1-2H3. The number of hydrogen-bond acceptors (Lipinski definition) is 3. The van der Waals surface area contributed by atoms with E-state index in [1.165, 1.54) is 0 Å². The average molecular weight is 319 g/mol. The van der Waals surface area contributed by atoms with Crippen LogP contribution >= 0.6 is 23.2 Å². The summed E-state index contributed by atoms with van der Waals surface area (Å²) >= 11 is 12.6. The fourth-order valence-electron chi connectivity index (χ4n) is 2.03. The Balaban J connectivity index is 2.10. The van der Waals surface area contributed by atoms with Gasteiger partial charge in [-0.2, -0.15) is 0 Å². The molecule has 3 nitrogen and oxygen atoms in total. The predicted molar refractivity (Wildman–Crippen MR) is 84.7 cm³/mol. The summed E-state index contributed by atoms with van der Waals surface area (Å²) in [4.78, 5) is 8.58. The second-order valence-corrected chi connectivity index (χ2v) is 5.50. The molecule has 0 spiro atoms. The first-order chi connectivity index (χ1) is 10.0. The molecule has 2 aromatic heterocycles. The number of hydrogen-bond donors (Lipinski definition) is 0. The Morgan fingerprint density at radius 1 is 0.857 bits per heavy atom. The minimum absolute atomic E-state index is 0.308. The number of benzene rings is 1. The summed E-state index contributed by atoms with van der Waals surface area (Å²) < 4.78 is 5.50. The molecule has 5 heteroatoms. The molecule has 0 aliphatic heterocycles. The van der Waals surface area contributed by atoms with Gasteiger partial charge in [0.1, 0.15) is 16.1 Å². The molecule has 106 valence electrons. The zero-order valence-corrected chi connectivity index (χ0v) is 13.0. The van der Waals surface area contributed by atoms with Gasteiger partial charge in [0.15, 0.2) is 11.6 Å². The maximum atomic E-state index is 6.29. The molecule has 0 saturated heterocycles. The summed E-state index contributed by atoms with van der Waals surface area (Å²) in [7, 11) is 0. The normalized spacial score (nSPS) is 10.9. The highest BCUT2D eigenvalue weighted by Gasteiger charge is 2.16. The van der Waals surface area contributed by atoms with Crippen molar-refractivity contribution in [3.8, 4) is 22.7 Å². The summed E-state index contributed by atoms with van der Waals surface area (Å²) in [5.41, 5.74) is 2.68. The Hall–Kier alpha value is -1.84. The molecular weight excluding hydrogens is 307 g/mol. The topological polar surface area (TPSA) is 38.9 Å². The van der Waals surface area contributed by atoms with E-state index in [1.807, 2.05) is 44.2 Å². The quantitative estimate of drug-likeness (QED) is 0.599. The number of aryl methyl sites for hydroxylation is 2. The van der Waals surface area contributed by atoms with E-state index in [-0.39, 0.29) is 0 Å². The maximum absolute atomic E-state index is 6.29. The number of furan rings is 1. The van der Waals surface area contributed by atoms with Gasteiger partial charge in [0.25, 0.3) is 0 Å². The number of nitrogens with zero attached hydrogens (tertiary/aromatic N) is 2. The summed E-state index contributed by atoms with van der Waals surface area (Å²) in [6, 6.07) is 11.5. The molecule has 3 aromatic rings. The van der Waals surface area contributed by atoms with Crippen LogP contribution in [0.3, 0.4) is 0 Å². The molecule has 0 amide bonds. The lowest BCUT2D eigenvalue weighted by Crippen LogP contribution is -1.94. The van der Waals surface area contributed by atoms with Gasteiger partial charge in [-0.05, 0) is 31.5 Å². The van der Waals surface area contributed by atoms with E-state index in [0.29, 0.717) is 27.5 Å². The Labute approximate surface area is 132 Å². The van der Waals surface area contributed by atoms with E-state index >= 15 is 0 Å². The van der Waals surface area contributed by atoms with Gasteiger partial charge in [-0.25, -0.2) is 9.97 Å². The van der Waals surface area contributed by atoms with Crippen LogP contribution < -0.4 is 0 Å². The third-order valence-corrected chi connectivity index (χ3v) is 3.67. The van der Waals surface area contributed by atoms with Gasteiger partial charge >= 0.3 is 0 Å². The molecule has 0 unspecified atom stereocenters. The molecule has 0 fully saturated rings.